The molecule has 0 aliphatic carbocycles. The number of carbonyl (C=O) groups excluding carboxylic acids is 1. The second-order valence-corrected chi connectivity index (χ2v) is 8.50. The molecule has 0 unspecified atom stereocenters. The zero-order valence-electron chi connectivity index (χ0n) is 17.2. The molecule has 0 aromatic heterocycles. The van der Waals surface area contributed by atoms with Crippen molar-refractivity contribution in [2.24, 2.45) is 4.99 Å². The first-order valence-electron chi connectivity index (χ1n) is 10.3. The van der Waals surface area contributed by atoms with E-state index in [1.54, 1.807) is 30.0 Å². The van der Waals surface area contributed by atoms with Crippen molar-refractivity contribution >= 4 is 29.1 Å². The Bertz CT molecular complexity index is 1330. The number of carbonyl (C=O) groups is 1. The van der Waals surface area contributed by atoms with Crippen molar-refractivity contribution in [3.8, 4) is 5.75 Å². The molecule has 1 amide bonds. The quantitative estimate of drug-likeness (QED) is 0.366. The van der Waals surface area contributed by atoms with Crippen molar-refractivity contribution in [3.05, 3.63) is 119 Å². The van der Waals surface area contributed by atoms with Gasteiger partial charge in [-0.3, -0.25) is 4.79 Å². The molecule has 156 valence electrons. The molecule has 0 radical (unpaired) electrons. The molecule has 4 aromatic rings. The maximum Gasteiger partial charge on any atom is 0.251 e. The Morgan fingerprint density at radius 3 is 2.44 bits per heavy atom. The summed E-state index contributed by atoms with van der Waals surface area (Å²) in [4.78, 5) is 20.0. The topological polar surface area (TPSA) is 61.7 Å². The van der Waals surface area contributed by atoms with Crippen molar-refractivity contribution in [1.82, 2.24) is 5.32 Å². The Balaban J connectivity index is 1.50. The summed E-state index contributed by atoms with van der Waals surface area (Å²) in [5.41, 5.74) is 4.96. The number of para-hydroxylation sites is 1. The van der Waals surface area contributed by atoms with Gasteiger partial charge in [0, 0.05) is 38.6 Å². The van der Waals surface area contributed by atoms with Crippen molar-refractivity contribution in [3.63, 3.8) is 0 Å². The molecule has 5 rings (SSSR count). The van der Waals surface area contributed by atoms with Crippen LogP contribution in [0.1, 0.15) is 27.0 Å². The normalized spacial score (nSPS) is 12.2. The summed E-state index contributed by atoms with van der Waals surface area (Å²) in [5.74, 6) is -0.0414. The van der Waals surface area contributed by atoms with Crippen LogP contribution in [0.25, 0.3) is 0 Å². The molecule has 32 heavy (non-hydrogen) atoms. The van der Waals surface area contributed by atoms with Crippen LogP contribution in [0.15, 0.2) is 112 Å². The summed E-state index contributed by atoms with van der Waals surface area (Å²) >= 11 is 1.66. The van der Waals surface area contributed by atoms with Crippen molar-refractivity contribution in [2.45, 2.75) is 16.3 Å². The van der Waals surface area contributed by atoms with E-state index in [0.717, 1.165) is 32.3 Å². The second kappa shape index (κ2) is 8.73. The van der Waals surface area contributed by atoms with Crippen LogP contribution in [-0.2, 0) is 6.54 Å². The van der Waals surface area contributed by atoms with E-state index < -0.39 is 0 Å². The second-order valence-electron chi connectivity index (χ2n) is 7.42. The molecule has 1 aliphatic rings. The van der Waals surface area contributed by atoms with Crippen LogP contribution in [0.2, 0.25) is 0 Å². The smallest absolute Gasteiger partial charge is 0.251 e. The number of benzene rings is 4. The number of nitrogens with one attached hydrogen (secondary N) is 1. The van der Waals surface area contributed by atoms with E-state index in [1.807, 2.05) is 66.7 Å². The monoisotopic (exact) mass is 436 g/mol. The van der Waals surface area contributed by atoms with Gasteiger partial charge in [-0.15, -0.1) is 0 Å². The summed E-state index contributed by atoms with van der Waals surface area (Å²) < 4.78 is 0. The minimum Gasteiger partial charge on any atom is -0.508 e. The van der Waals surface area contributed by atoms with Crippen LogP contribution in [0.4, 0.5) is 5.69 Å². The molecule has 4 nitrogen and oxygen atoms in total. The lowest BCUT2D eigenvalue weighted by Gasteiger charge is -2.09. The van der Waals surface area contributed by atoms with Crippen LogP contribution >= 0.6 is 11.8 Å². The van der Waals surface area contributed by atoms with Gasteiger partial charge in [0.05, 0.1) is 11.4 Å². The van der Waals surface area contributed by atoms with E-state index in [-0.39, 0.29) is 18.2 Å². The Morgan fingerprint density at radius 1 is 0.844 bits per heavy atom. The van der Waals surface area contributed by atoms with Gasteiger partial charge < -0.3 is 10.4 Å². The largest absolute Gasteiger partial charge is 0.508 e. The Morgan fingerprint density at radius 2 is 1.59 bits per heavy atom. The molecule has 0 saturated heterocycles. The fourth-order valence-corrected chi connectivity index (χ4v) is 4.64. The summed E-state index contributed by atoms with van der Waals surface area (Å²) in [7, 11) is 0. The summed E-state index contributed by atoms with van der Waals surface area (Å²) in [6.07, 6.45) is 0. The molecule has 0 spiro atoms. The van der Waals surface area contributed by atoms with Crippen molar-refractivity contribution < 1.29 is 9.90 Å². The first-order valence-corrected chi connectivity index (χ1v) is 11.1. The third-order valence-corrected chi connectivity index (χ3v) is 6.43. The van der Waals surface area contributed by atoms with Gasteiger partial charge in [-0.2, -0.15) is 0 Å². The number of aliphatic imine (C=N–C) groups is 1. The lowest BCUT2D eigenvalue weighted by Crippen LogP contribution is -2.22. The lowest BCUT2D eigenvalue weighted by molar-refractivity contribution is 0.0950. The molecule has 0 bridgehead atoms. The van der Waals surface area contributed by atoms with Crippen LogP contribution in [0.5, 0.6) is 5.75 Å². The highest BCUT2D eigenvalue weighted by molar-refractivity contribution is 7.99. The van der Waals surface area contributed by atoms with Crippen molar-refractivity contribution in [1.29, 1.82) is 0 Å². The number of phenolic OH excluding ortho intramolecular Hbond substituents is 1. The Kier molecular flexibility index (Phi) is 5.48. The van der Waals surface area contributed by atoms with E-state index in [0.29, 0.717) is 11.1 Å². The van der Waals surface area contributed by atoms with E-state index >= 15 is 0 Å². The summed E-state index contributed by atoms with van der Waals surface area (Å²) in [6.45, 7) is 0.251. The number of aromatic hydroxyl groups is 1. The zero-order chi connectivity index (χ0) is 21.9. The van der Waals surface area contributed by atoms with E-state index in [4.69, 9.17) is 4.99 Å². The number of phenols is 1. The molecular formula is C27H20N2O2S. The molecule has 2 N–H and O–H groups in total. The molecule has 0 fully saturated rings. The number of amides is 1. The molecule has 4 aromatic carbocycles. The van der Waals surface area contributed by atoms with Crippen LogP contribution < -0.4 is 5.32 Å². The molecule has 0 saturated carbocycles. The molecule has 1 aliphatic heterocycles. The average Bonchev–Trinajstić information content (AvgIpc) is 3.00. The van der Waals surface area contributed by atoms with Gasteiger partial charge in [-0.25, -0.2) is 4.99 Å². The molecule has 5 heteroatoms. The highest BCUT2D eigenvalue weighted by Crippen LogP contribution is 2.41. The average molecular weight is 437 g/mol. The van der Waals surface area contributed by atoms with Crippen molar-refractivity contribution in [2.75, 3.05) is 0 Å². The molecule has 1 heterocycles. The maximum atomic E-state index is 12.8. The van der Waals surface area contributed by atoms with Gasteiger partial charge >= 0.3 is 0 Å². The SMILES string of the molecule is O=C(NCc1ccccc1O)c1ccc2c(c1)N=C(c1ccccc1)c1ccccc1S2. The molecule has 0 atom stereocenters. The fourth-order valence-electron chi connectivity index (χ4n) is 3.64. The third-order valence-electron chi connectivity index (χ3n) is 5.29. The van der Waals surface area contributed by atoms with E-state index in [2.05, 4.69) is 17.4 Å². The highest BCUT2D eigenvalue weighted by Gasteiger charge is 2.19. The highest BCUT2D eigenvalue weighted by atomic mass is 32.2. The first-order chi connectivity index (χ1) is 15.7. The fraction of sp³-hybridized carbons (Fsp3) is 0.0370. The lowest BCUT2D eigenvalue weighted by atomic mass is 10.0. The third kappa shape index (κ3) is 4.03. The van der Waals surface area contributed by atoms with Gasteiger partial charge in [0.2, 0.25) is 0 Å². The standard InChI is InChI=1S/C27H20N2O2S/c30-23-12-6-4-10-20(23)17-28-27(31)19-14-15-25-22(16-19)29-26(18-8-2-1-3-9-18)21-11-5-7-13-24(21)32-25/h1-16,30H,17H2,(H,28,31). The van der Waals surface area contributed by atoms with Gasteiger partial charge in [0.15, 0.2) is 0 Å². The molecular weight excluding hydrogens is 416 g/mol. The minimum atomic E-state index is -0.209. The van der Waals surface area contributed by atoms with E-state index in [9.17, 15) is 9.90 Å². The predicted molar refractivity (Wildman–Crippen MR) is 128 cm³/mol. The zero-order valence-corrected chi connectivity index (χ0v) is 18.0. The van der Waals surface area contributed by atoms with Crippen LogP contribution in [0.3, 0.4) is 0 Å². The van der Waals surface area contributed by atoms with E-state index in [1.165, 1.54) is 0 Å². The Hall–Kier alpha value is -3.83. The van der Waals surface area contributed by atoms with Crippen LogP contribution in [-0.4, -0.2) is 16.7 Å². The number of hydrogen-bond donors (Lipinski definition) is 2. The summed E-state index contributed by atoms with van der Waals surface area (Å²) in [6, 6.07) is 30.9. The first kappa shape index (κ1) is 20.1. The summed E-state index contributed by atoms with van der Waals surface area (Å²) in [5, 5.41) is 12.8. The number of rotatable bonds is 4. The van der Waals surface area contributed by atoms with Gasteiger partial charge in [-0.05, 0) is 30.3 Å². The van der Waals surface area contributed by atoms with Gasteiger partial charge in [0.25, 0.3) is 5.91 Å². The van der Waals surface area contributed by atoms with Gasteiger partial charge in [-0.1, -0.05) is 78.5 Å². The minimum absolute atomic E-state index is 0.168. The van der Waals surface area contributed by atoms with Crippen LogP contribution in [0, 0.1) is 0 Å². The number of nitrogens with zero attached hydrogens (tertiary/aromatic N) is 1. The number of fused-ring (bicyclic) bond motifs is 2. The predicted octanol–water partition coefficient (Wildman–Crippen LogP) is 5.96. The Labute approximate surface area is 190 Å². The maximum absolute atomic E-state index is 12.8. The number of hydrogen-bond acceptors (Lipinski definition) is 4. The van der Waals surface area contributed by atoms with Gasteiger partial charge in [0.1, 0.15) is 5.75 Å².